The first-order valence-corrected chi connectivity index (χ1v) is 7.00. The SMILES string of the molecule is CCC[Si](OC)(OC)OCI. The third kappa shape index (κ3) is 3.84. The van der Waals surface area contributed by atoms with Gasteiger partial charge in [-0.1, -0.05) is 35.9 Å². The maximum absolute atomic E-state index is 5.45. The Morgan fingerprint density at radius 2 is 1.82 bits per heavy atom. The van der Waals surface area contributed by atoms with E-state index in [-0.39, 0.29) is 0 Å². The van der Waals surface area contributed by atoms with Crippen molar-refractivity contribution in [2.45, 2.75) is 19.4 Å². The minimum atomic E-state index is -2.25. The van der Waals surface area contributed by atoms with Gasteiger partial charge >= 0.3 is 8.80 Å². The predicted molar refractivity (Wildman–Crippen MR) is 54.8 cm³/mol. The Hall–Kier alpha value is 0.827. The van der Waals surface area contributed by atoms with E-state index in [2.05, 4.69) is 29.5 Å². The second kappa shape index (κ2) is 6.35. The molecule has 0 N–H and O–H groups in total. The summed E-state index contributed by atoms with van der Waals surface area (Å²) in [4.78, 5) is 0. The first-order chi connectivity index (χ1) is 5.24. The van der Waals surface area contributed by atoms with E-state index in [0.717, 1.165) is 12.5 Å². The maximum Gasteiger partial charge on any atom is 0.501 e. The molecule has 3 nitrogen and oxygen atoms in total. The van der Waals surface area contributed by atoms with Crippen LogP contribution >= 0.6 is 22.6 Å². The number of hydrogen-bond donors (Lipinski definition) is 0. The van der Waals surface area contributed by atoms with Crippen LogP contribution in [0.3, 0.4) is 0 Å². The molecule has 0 aliphatic rings. The first kappa shape index (κ1) is 11.8. The molecule has 0 aliphatic heterocycles. The monoisotopic (exact) mass is 290 g/mol. The molecule has 0 aromatic rings. The molecule has 0 aromatic carbocycles. The quantitative estimate of drug-likeness (QED) is 0.425. The Bertz CT molecular complexity index is 89.8. The Labute approximate surface area is 82.9 Å². The van der Waals surface area contributed by atoms with Gasteiger partial charge in [0.2, 0.25) is 0 Å². The van der Waals surface area contributed by atoms with Crippen LogP contribution in [0.4, 0.5) is 0 Å². The van der Waals surface area contributed by atoms with Gasteiger partial charge in [-0.3, -0.25) is 0 Å². The van der Waals surface area contributed by atoms with Crippen LogP contribution in [0.2, 0.25) is 6.04 Å². The van der Waals surface area contributed by atoms with Gasteiger partial charge in [0.1, 0.15) is 0 Å². The van der Waals surface area contributed by atoms with Gasteiger partial charge in [-0.25, -0.2) is 0 Å². The summed E-state index contributed by atoms with van der Waals surface area (Å²) in [6, 6.07) is 0.892. The average molecular weight is 290 g/mol. The van der Waals surface area contributed by atoms with Gasteiger partial charge in [0.05, 0.1) is 4.61 Å². The van der Waals surface area contributed by atoms with E-state index >= 15 is 0 Å². The summed E-state index contributed by atoms with van der Waals surface area (Å²) in [6.07, 6.45) is 1.03. The van der Waals surface area contributed by atoms with Gasteiger partial charge in [0.15, 0.2) is 0 Å². The third-order valence-corrected chi connectivity index (χ3v) is 5.29. The molecule has 11 heavy (non-hydrogen) atoms. The van der Waals surface area contributed by atoms with Gasteiger partial charge < -0.3 is 13.3 Å². The van der Waals surface area contributed by atoms with E-state index in [9.17, 15) is 0 Å². The number of hydrogen-bond acceptors (Lipinski definition) is 3. The molecule has 5 heteroatoms. The fraction of sp³-hybridized carbons (Fsp3) is 1.00. The van der Waals surface area contributed by atoms with Crippen molar-refractivity contribution >= 4 is 31.4 Å². The normalized spacial score (nSPS) is 12.0. The van der Waals surface area contributed by atoms with Crippen LogP contribution in [0.5, 0.6) is 0 Å². The molecule has 0 saturated heterocycles. The van der Waals surface area contributed by atoms with Crippen molar-refractivity contribution in [2.75, 3.05) is 18.8 Å². The van der Waals surface area contributed by atoms with E-state index in [0.29, 0.717) is 4.61 Å². The molecule has 0 rings (SSSR count). The standard InChI is InChI=1S/C6H15IO3Si/c1-4-5-11(8-2,9-3)10-6-7/h4-6H2,1-3H3. The summed E-state index contributed by atoms with van der Waals surface area (Å²) in [5.41, 5.74) is 0. The average Bonchev–Trinajstić information content (AvgIpc) is 2.04. The van der Waals surface area contributed by atoms with Crippen LogP contribution in [0.1, 0.15) is 13.3 Å². The molecule has 0 unspecified atom stereocenters. The summed E-state index contributed by atoms with van der Waals surface area (Å²) in [5.74, 6) is 0. The van der Waals surface area contributed by atoms with Crippen LogP contribution < -0.4 is 0 Å². The van der Waals surface area contributed by atoms with Gasteiger partial charge in [-0.2, -0.15) is 0 Å². The zero-order valence-electron chi connectivity index (χ0n) is 7.22. The Morgan fingerprint density at radius 1 is 1.27 bits per heavy atom. The van der Waals surface area contributed by atoms with Crippen LogP contribution in [0, 0.1) is 0 Å². The fourth-order valence-corrected chi connectivity index (χ4v) is 4.02. The molecule has 0 heterocycles. The third-order valence-electron chi connectivity index (χ3n) is 1.45. The molecule has 68 valence electrons. The van der Waals surface area contributed by atoms with Crippen molar-refractivity contribution in [2.24, 2.45) is 0 Å². The first-order valence-electron chi connectivity index (χ1n) is 3.55. The Balaban J connectivity index is 3.96. The second-order valence-electron chi connectivity index (χ2n) is 2.09. The van der Waals surface area contributed by atoms with E-state index in [1.807, 2.05) is 0 Å². The highest BCUT2D eigenvalue weighted by Gasteiger charge is 2.37. The van der Waals surface area contributed by atoms with E-state index in [1.54, 1.807) is 14.2 Å². The van der Waals surface area contributed by atoms with Crippen molar-refractivity contribution in [3.63, 3.8) is 0 Å². The highest BCUT2D eigenvalue weighted by Crippen LogP contribution is 2.16. The minimum absolute atomic E-state index is 0.631. The maximum atomic E-state index is 5.45. The molecule has 0 atom stereocenters. The molecule has 0 fully saturated rings. The van der Waals surface area contributed by atoms with E-state index < -0.39 is 8.80 Å². The van der Waals surface area contributed by atoms with Crippen LogP contribution in [-0.2, 0) is 13.3 Å². The van der Waals surface area contributed by atoms with Crippen LogP contribution in [-0.4, -0.2) is 27.6 Å². The highest BCUT2D eigenvalue weighted by molar-refractivity contribution is 14.1. The molecule has 0 saturated carbocycles. The summed E-state index contributed by atoms with van der Waals surface area (Å²) in [6.45, 7) is 2.09. The van der Waals surface area contributed by atoms with Crippen molar-refractivity contribution in [3.8, 4) is 0 Å². The van der Waals surface area contributed by atoms with Crippen molar-refractivity contribution in [1.82, 2.24) is 0 Å². The zero-order chi connectivity index (χ0) is 8.74. The van der Waals surface area contributed by atoms with Gasteiger partial charge in [-0.05, 0) is 0 Å². The summed E-state index contributed by atoms with van der Waals surface area (Å²) in [5, 5.41) is 0. The van der Waals surface area contributed by atoms with Crippen molar-refractivity contribution in [1.29, 1.82) is 0 Å². The largest absolute Gasteiger partial charge is 0.501 e. The predicted octanol–water partition coefficient (Wildman–Crippen LogP) is 2.04. The van der Waals surface area contributed by atoms with E-state index in [4.69, 9.17) is 13.3 Å². The Kier molecular flexibility index (Phi) is 6.83. The lowest BCUT2D eigenvalue weighted by atomic mass is 10.6. The summed E-state index contributed by atoms with van der Waals surface area (Å²) in [7, 11) is 1.05. The van der Waals surface area contributed by atoms with Gasteiger partial charge in [-0.15, -0.1) is 0 Å². The zero-order valence-corrected chi connectivity index (χ0v) is 10.4. The summed E-state index contributed by atoms with van der Waals surface area (Å²) >= 11 is 2.15. The lowest BCUT2D eigenvalue weighted by Gasteiger charge is -2.24. The van der Waals surface area contributed by atoms with Crippen LogP contribution in [0.25, 0.3) is 0 Å². The molecule has 0 amide bonds. The topological polar surface area (TPSA) is 27.7 Å². The number of rotatable bonds is 6. The Morgan fingerprint density at radius 3 is 2.09 bits per heavy atom. The van der Waals surface area contributed by atoms with E-state index in [1.165, 1.54) is 0 Å². The van der Waals surface area contributed by atoms with Gasteiger partial charge in [0.25, 0.3) is 0 Å². The molecule has 0 radical (unpaired) electrons. The van der Waals surface area contributed by atoms with Crippen molar-refractivity contribution in [3.05, 3.63) is 0 Å². The smallest absolute Gasteiger partial charge is 0.377 e. The number of alkyl halides is 1. The lowest BCUT2D eigenvalue weighted by molar-refractivity contribution is 0.120. The number of halogens is 1. The lowest BCUT2D eigenvalue weighted by Crippen LogP contribution is -2.43. The molecule has 0 spiro atoms. The summed E-state index contributed by atoms with van der Waals surface area (Å²) < 4.78 is 16.6. The molecule has 0 bridgehead atoms. The minimum Gasteiger partial charge on any atom is -0.377 e. The highest BCUT2D eigenvalue weighted by atomic mass is 127. The van der Waals surface area contributed by atoms with Crippen LogP contribution in [0.15, 0.2) is 0 Å². The molecular weight excluding hydrogens is 275 g/mol. The molecule has 0 aromatic heterocycles. The molecule has 0 aliphatic carbocycles. The molecular formula is C6H15IO3Si. The van der Waals surface area contributed by atoms with Crippen molar-refractivity contribution < 1.29 is 13.3 Å². The second-order valence-corrected chi connectivity index (χ2v) is 5.69. The van der Waals surface area contributed by atoms with Gasteiger partial charge in [0, 0.05) is 20.3 Å². The fourth-order valence-electron chi connectivity index (χ4n) is 0.867.